The van der Waals surface area contributed by atoms with Gasteiger partial charge in [-0.1, -0.05) is 12.1 Å². The second kappa shape index (κ2) is 7.84. The van der Waals surface area contributed by atoms with Crippen molar-refractivity contribution in [3.63, 3.8) is 0 Å². The average Bonchev–Trinajstić information content (AvgIpc) is 2.75. The van der Waals surface area contributed by atoms with Gasteiger partial charge in [0.25, 0.3) is 0 Å². The highest BCUT2D eigenvalue weighted by molar-refractivity contribution is 6.10. The molecule has 0 spiro atoms. The van der Waals surface area contributed by atoms with Crippen molar-refractivity contribution >= 4 is 17.3 Å². The van der Waals surface area contributed by atoms with Gasteiger partial charge in [-0.2, -0.15) is 5.26 Å². The first kappa shape index (κ1) is 20.5. The molecule has 6 nitrogen and oxygen atoms in total. The molecule has 0 radical (unpaired) electrons. The van der Waals surface area contributed by atoms with Crippen LogP contribution in [0, 0.1) is 34.3 Å². The summed E-state index contributed by atoms with van der Waals surface area (Å²) in [6, 6.07) is 9.89. The third kappa shape index (κ3) is 3.22. The Bertz CT molecular complexity index is 1150. The molecule has 2 unspecified atom stereocenters. The number of phenols is 1. The van der Waals surface area contributed by atoms with Gasteiger partial charge in [-0.25, -0.2) is 8.78 Å². The monoisotopic (exact) mass is 423 g/mol. The molecule has 1 heterocycles. The molecule has 0 saturated carbocycles. The number of phenolic OH excluding ortho intramolecular Hbond substituents is 1. The Kier molecular flexibility index (Phi) is 5.19. The van der Waals surface area contributed by atoms with Crippen LogP contribution in [0.1, 0.15) is 30.7 Å². The molecule has 0 bridgehead atoms. The van der Waals surface area contributed by atoms with E-state index in [0.717, 1.165) is 17.0 Å². The largest absolute Gasteiger partial charge is 0.504 e. The molecular weight excluding hydrogens is 404 g/mol. The zero-order valence-electron chi connectivity index (χ0n) is 16.7. The number of rotatable bonds is 3. The lowest BCUT2D eigenvalue weighted by atomic mass is 9.71. The molecule has 158 valence electrons. The van der Waals surface area contributed by atoms with Gasteiger partial charge in [0.05, 0.1) is 13.2 Å². The highest BCUT2D eigenvalue weighted by Gasteiger charge is 2.46. The first-order chi connectivity index (χ1) is 14.9. The second-order valence-corrected chi connectivity index (χ2v) is 7.44. The van der Waals surface area contributed by atoms with Gasteiger partial charge in [0.2, 0.25) is 0 Å². The molecule has 0 aromatic heterocycles. The van der Waals surface area contributed by atoms with E-state index in [2.05, 4.69) is 0 Å². The van der Waals surface area contributed by atoms with Crippen LogP contribution in [0.25, 0.3) is 0 Å². The minimum Gasteiger partial charge on any atom is -0.504 e. The summed E-state index contributed by atoms with van der Waals surface area (Å²) >= 11 is 0. The SMILES string of the molecule is COc1cc(C2C3=C(CCCC3=O)N(c3c(F)cccc3F)C(=N)C2C#N)ccc1O. The van der Waals surface area contributed by atoms with Crippen LogP contribution in [0.2, 0.25) is 0 Å². The number of aromatic hydroxyl groups is 1. The Morgan fingerprint density at radius 3 is 2.58 bits per heavy atom. The summed E-state index contributed by atoms with van der Waals surface area (Å²) in [5.41, 5.74) is 0.636. The normalized spacial score (nSPS) is 21.0. The van der Waals surface area contributed by atoms with Crippen molar-refractivity contribution < 1.29 is 23.4 Å². The molecule has 1 aliphatic heterocycles. The summed E-state index contributed by atoms with van der Waals surface area (Å²) in [6.45, 7) is 0. The number of methoxy groups -OCH3 is 1. The van der Waals surface area contributed by atoms with Crippen molar-refractivity contribution in [2.75, 3.05) is 12.0 Å². The fraction of sp³-hybridized carbons (Fsp3) is 0.261. The van der Waals surface area contributed by atoms with E-state index in [4.69, 9.17) is 10.1 Å². The van der Waals surface area contributed by atoms with E-state index in [-0.39, 0.29) is 35.1 Å². The third-order valence-electron chi connectivity index (χ3n) is 5.74. The second-order valence-electron chi connectivity index (χ2n) is 7.44. The summed E-state index contributed by atoms with van der Waals surface area (Å²) in [5, 5.41) is 28.6. The number of nitriles is 1. The van der Waals surface area contributed by atoms with Gasteiger partial charge in [-0.15, -0.1) is 0 Å². The number of anilines is 1. The van der Waals surface area contributed by atoms with Crippen molar-refractivity contribution in [1.82, 2.24) is 0 Å². The fourth-order valence-corrected chi connectivity index (χ4v) is 4.38. The standard InChI is InChI=1S/C23H19F2N3O3/c1-31-19-10-12(8-9-17(19)29)20-13(11-26)23(27)28(16-6-3-7-18(30)21(16)20)22-14(24)4-2-5-15(22)25/h2,4-5,8-10,13,20,27,29H,3,6-7H2,1H3. The smallest absolute Gasteiger partial charge is 0.161 e. The van der Waals surface area contributed by atoms with E-state index in [0.29, 0.717) is 24.1 Å². The highest BCUT2D eigenvalue weighted by Crippen LogP contribution is 2.48. The molecule has 1 aliphatic carbocycles. The van der Waals surface area contributed by atoms with Crippen LogP contribution in [0.3, 0.4) is 0 Å². The first-order valence-electron chi connectivity index (χ1n) is 9.74. The number of para-hydroxylation sites is 1. The number of Topliss-reactive ketones (excluding diaryl/α,β-unsaturated/α-hetero) is 1. The minimum absolute atomic E-state index is 0.107. The predicted molar refractivity (Wildman–Crippen MR) is 109 cm³/mol. The molecule has 0 amide bonds. The topological polar surface area (TPSA) is 97.4 Å². The lowest BCUT2D eigenvalue weighted by Gasteiger charge is -2.42. The summed E-state index contributed by atoms with van der Waals surface area (Å²) < 4.78 is 34.5. The zero-order chi connectivity index (χ0) is 22.3. The van der Waals surface area contributed by atoms with Crippen LogP contribution in [0.5, 0.6) is 11.5 Å². The maximum atomic E-state index is 14.6. The number of nitrogens with one attached hydrogen (secondary N) is 1. The van der Waals surface area contributed by atoms with Crippen molar-refractivity contribution in [3.8, 4) is 17.6 Å². The Morgan fingerprint density at radius 1 is 1.23 bits per heavy atom. The quantitative estimate of drug-likeness (QED) is 0.762. The number of amidine groups is 1. The summed E-state index contributed by atoms with van der Waals surface area (Å²) in [7, 11) is 1.38. The Morgan fingerprint density at radius 2 is 1.94 bits per heavy atom. The molecule has 2 aromatic carbocycles. The van der Waals surface area contributed by atoms with Gasteiger partial charge < -0.3 is 9.84 Å². The highest BCUT2D eigenvalue weighted by atomic mass is 19.1. The van der Waals surface area contributed by atoms with Crippen molar-refractivity contribution in [1.29, 1.82) is 10.7 Å². The van der Waals surface area contributed by atoms with Gasteiger partial charge in [0.15, 0.2) is 17.3 Å². The molecule has 4 rings (SSSR count). The molecule has 2 atom stereocenters. The predicted octanol–water partition coefficient (Wildman–Crippen LogP) is 4.41. The van der Waals surface area contributed by atoms with E-state index < -0.39 is 29.2 Å². The number of carbonyl (C=O) groups is 1. The lowest BCUT2D eigenvalue weighted by molar-refractivity contribution is -0.116. The third-order valence-corrected chi connectivity index (χ3v) is 5.74. The summed E-state index contributed by atoms with van der Waals surface area (Å²) in [5.74, 6) is -4.23. The Hall–Kier alpha value is -3.73. The molecule has 31 heavy (non-hydrogen) atoms. The number of ether oxygens (including phenoxy) is 1. The fourth-order valence-electron chi connectivity index (χ4n) is 4.38. The Labute approximate surface area is 177 Å². The van der Waals surface area contributed by atoms with E-state index in [1.807, 2.05) is 6.07 Å². The number of hydrogen-bond acceptors (Lipinski definition) is 5. The Balaban J connectivity index is 1.99. The average molecular weight is 423 g/mol. The zero-order valence-corrected chi connectivity index (χ0v) is 16.7. The van der Waals surface area contributed by atoms with E-state index in [1.165, 1.54) is 25.3 Å². The van der Waals surface area contributed by atoms with Gasteiger partial charge in [-0.3, -0.25) is 15.1 Å². The van der Waals surface area contributed by atoms with E-state index in [9.17, 15) is 23.9 Å². The molecule has 8 heteroatoms. The molecule has 2 aliphatic rings. The van der Waals surface area contributed by atoms with Gasteiger partial charge in [-0.05, 0) is 42.7 Å². The van der Waals surface area contributed by atoms with Crippen LogP contribution >= 0.6 is 0 Å². The van der Waals surface area contributed by atoms with Gasteiger partial charge >= 0.3 is 0 Å². The van der Waals surface area contributed by atoms with Crippen LogP contribution < -0.4 is 9.64 Å². The molecule has 2 N–H and O–H groups in total. The number of hydrogen-bond donors (Lipinski definition) is 2. The maximum Gasteiger partial charge on any atom is 0.161 e. The summed E-state index contributed by atoms with van der Waals surface area (Å²) in [4.78, 5) is 14.1. The van der Waals surface area contributed by atoms with Gasteiger partial charge in [0, 0.05) is 23.6 Å². The number of halogens is 2. The van der Waals surface area contributed by atoms with E-state index in [1.54, 1.807) is 6.07 Å². The van der Waals surface area contributed by atoms with Crippen LogP contribution in [-0.2, 0) is 4.79 Å². The van der Waals surface area contributed by atoms with Crippen LogP contribution in [0.15, 0.2) is 47.7 Å². The number of benzene rings is 2. The first-order valence-corrected chi connectivity index (χ1v) is 9.74. The van der Waals surface area contributed by atoms with Crippen molar-refractivity contribution in [2.45, 2.75) is 25.2 Å². The van der Waals surface area contributed by atoms with Crippen LogP contribution in [-0.4, -0.2) is 23.8 Å². The van der Waals surface area contributed by atoms with Crippen molar-refractivity contribution in [3.05, 3.63) is 64.9 Å². The van der Waals surface area contributed by atoms with E-state index >= 15 is 0 Å². The van der Waals surface area contributed by atoms with Crippen molar-refractivity contribution in [2.24, 2.45) is 5.92 Å². The molecule has 0 fully saturated rings. The molecule has 2 aromatic rings. The maximum absolute atomic E-state index is 14.6. The molecule has 0 saturated heterocycles. The molecular formula is C23H19F2N3O3. The number of ketones is 1. The van der Waals surface area contributed by atoms with Gasteiger partial charge in [0.1, 0.15) is 29.1 Å². The number of allylic oxidation sites excluding steroid dienone is 2. The lowest BCUT2D eigenvalue weighted by Crippen LogP contribution is -2.46. The minimum atomic E-state index is -1.17. The number of nitrogens with zero attached hydrogens (tertiary/aromatic N) is 2. The summed E-state index contributed by atoms with van der Waals surface area (Å²) in [6.07, 6.45) is 1.05. The number of carbonyl (C=O) groups excluding carboxylic acids is 1. The van der Waals surface area contributed by atoms with Crippen LogP contribution in [0.4, 0.5) is 14.5 Å².